The Morgan fingerprint density at radius 1 is 0.333 bits per heavy atom. The Morgan fingerprint density at radius 3 is 1.00 bits per heavy atom. The summed E-state index contributed by atoms with van der Waals surface area (Å²) in [5.74, 6) is -0.927. The summed E-state index contributed by atoms with van der Waals surface area (Å²) in [6.45, 7) is 6.48. The molecule has 0 unspecified atom stereocenters. The summed E-state index contributed by atoms with van der Waals surface area (Å²) in [6.07, 6.45) is 64.5. The lowest BCUT2D eigenvalue weighted by atomic mass is 10.0. The van der Waals surface area contributed by atoms with Gasteiger partial charge in [0.1, 0.15) is 13.2 Å². The molecule has 63 heavy (non-hydrogen) atoms. The third-order valence-electron chi connectivity index (χ3n) is 11.2. The molecular weight excluding hydrogens is 781 g/mol. The zero-order chi connectivity index (χ0) is 45.8. The van der Waals surface area contributed by atoms with E-state index in [-0.39, 0.29) is 31.1 Å². The first-order valence-electron chi connectivity index (χ1n) is 26.4. The lowest BCUT2D eigenvalue weighted by molar-refractivity contribution is -0.167. The monoisotopic (exact) mass is 879 g/mol. The van der Waals surface area contributed by atoms with Crippen molar-refractivity contribution in [3.63, 3.8) is 0 Å². The van der Waals surface area contributed by atoms with Gasteiger partial charge in [-0.15, -0.1) is 0 Å². The second kappa shape index (κ2) is 51.5. The fourth-order valence-electron chi connectivity index (χ4n) is 7.23. The van der Waals surface area contributed by atoms with Crippen LogP contribution in [0.4, 0.5) is 0 Å². The molecule has 362 valence electrons. The van der Waals surface area contributed by atoms with E-state index >= 15 is 0 Å². The minimum Gasteiger partial charge on any atom is -0.462 e. The first-order valence-corrected chi connectivity index (χ1v) is 26.4. The maximum Gasteiger partial charge on any atom is 0.306 e. The van der Waals surface area contributed by atoms with Gasteiger partial charge in [-0.1, -0.05) is 216 Å². The molecule has 1 atom stereocenters. The number of hydrogen-bond donors (Lipinski definition) is 0. The van der Waals surface area contributed by atoms with Gasteiger partial charge in [-0.2, -0.15) is 0 Å². The van der Waals surface area contributed by atoms with E-state index in [2.05, 4.69) is 93.7 Å². The molecule has 0 spiro atoms. The summed E-state index contributed by atoms with van der Waals surface area (Å²) in [4.78, 5) is 38.0. The Hall–Kier alpha value is -3.15. The van der Waals surface area contributed by atoms with Crippen LogP contribution in [0.1, 0.15) is 252 Å². The fraction of sp³-hybridized carbons (Fsp3) is 0.737. The number of esters is 3. The van der Waals surface area contributed by atoms with Gasteiger partial charge >= 0.3 is 17.9 Å². The SMILES string of the molecule is CC/C=C\C/C=C\C/C=C\C/C=C\C/C=C\CCCCCC(=O)OC[C@@H](COC(=O)CCCCCCCCCCCCCC)OC(=O)CCCCCCC/C=C\CCCCCCC. The Morgan fingerprint density at radius 2 is 0.619 bits per heavy atom. The number of carbonyl (C=O) groups is 3. The number of carbonyl (C=O) groups excluding carboxylic acids is 3. The molecule has 0 aromatic rings. The van der Waals surface area contributed by atoms with E-state index in [9.17, 15) is 14.4 Å². The second-order valence-electron chi connectivity index (χ2n) is 17.4. The van der Waals surface area contributed by atoms with E-state index in [1.165, 1.54) is 103 Å². The summed E-state index contributed by atoms with van der Waals surface area (Å²) in [5, 5.41) is 0. The summed E-state index contributed by atoms with van der Waals surface area (Å²) in [5.41, 5.74) is 0. The molecule has 6 nitrogen and oxygen atoms in total. The molecule has 0 aliphatic rings. The van der Waals surface area contributed by atoms with Gasteiger partial charge in [-0.3, -0.25) is 14.4 Å². The molecule has 0 aromatic heterocycles. The molecule has 6 heteroatoms. The number of hydrogen-bond acceptors (Lipinski definition) is 6. The van der Waals surface area contributed by atoms with Gasteiger partial charge in [0.2, 0.25) is 0 Å². The lowest BCUT2D eigenvalue weighted by Gasteiger charge is -2.18. The number of unbranched alkanes of at least 4 members (excludes halogenated alkanes) is 24. The van der Waals surface area contributed by atoms with Crippen LogP contribution in [0.2, 0.25) is 0 Å². The predicted octanol–water partition coefficient (Wildman–Crippen LogP) is 17.4. The van der Waals surface area contributed by atoms with E-state index in [1.807, 2.05) is 0 Å². The van der Waals surface area contributed by atoms with E-state index in [0.29, 0.717) is 19.3 Å². The van der Waals surface area contributed by atoms with Crippen LogP contribution in [0.25, 0.3) is 0 Å². The summed E-state index contributed by atoms with van der Waals surface area (Å²) >= 11 is 0. The first-order chi connectivity index (χ1) is 31.0. The molecule has 0 N–H and O–H groups in total. The normalized spacial score (nSPS) is 12.6. The molecule has 0 aromatic carbocycles. The maximum absolute atomic E-state index is 12.8. The smallest absolute Gasteiger partial charge is 0.306 e. The van der Waals surface area contributed by atoms with Gasteiger partial charge in [-0.25, -0.2) is 0 Å². The van der Waals surface area contributed by atoms with Gasteiger partial charge in [0.05, 0.1) is 0 Å². The van der Waals surface area contributed by atoms with E-state index in [1.54, 1.807) is 0 Å². The minimum absolute atomic E-state index is 0.0877. The molecule has 0 rings (SSSR count). The van der Waals surface area contributed by atoms with Crippen molar-refractivity contribution in [3.05, 3.63) is 72.9 Å². The van der Waals surface area contributed by atoms with Gasteiger partial charge in [0.15, 0.2) is 6.10 Å². The van der Waals surface area contributed by atoms with Crippen LogP contribution in [-0.2, 0) is 28.6 Å². The highest BCUT2D eigenvalue weighted by molar-refractivity contribution is 5.71. The summed E-state index contributed by atoms with van der Waals surface area (Å²) < 4.78 is 16.8. The highest BCUT2D eigenvalue weighted by atomic mass is 16.6. The highest BCUT2D eigenvalue weighted by Gasteiger charge is 2.19. The van der Waals surface area contributed by atoms with Crippen LogP contribution in [0, 0.1) is 0 Å². The average Bonchev–Trinajstić information content (AvgIpc) is 3.28. The summed E-state index contributed by atoms with van der Waals surface area (Å²) in [7, 11) is 0. The largest absolute Gasteiger partial charge is 0.462 e. The quantitative estimate of drug-likeness (QED) is 0.0262. The van der Waals surface area contributed by atoms with Crippen molar-refractivity contribution in [2.24, 2.45) is 0 Å². The lowest BCUT2D eigenvalue weighted by Crippen LogP contribution is -2.30. The van der Waals surface area contributed by atoms with Crippen LogP contribution >= 0.6 is 0 Å². The Bertz CT molecular complexity index is 1190. The van der Waals surface area contributed by atoms with Crippen molar-refractivity contribution < 1.29 is 28.6 Å². The molecule has 0 aliphatic heterocycles. The van der Waals surface area contributed by atoms with Gasteiger partial charge in [0, 0.05) is 19.3 Å². The van der Waals surface area contributed by atoms with Crippen molar-refractivity contribution in [2.45, 2.75) is 258 Å². The molecule has 0 aliphatic carbocycles. The standard InChI is InChI=1S/C57H98O6/c1-4-7-10-13-16-19-22-25-27-28-29-30-31-33-35-38-41-44-47-50-56(59)62-53-54(52-61-55(58)49-46-43-40-37-34-24-21-18-15-12-9-6-3)63-57(60)51-48-45-42-39-36-32-26-23-20-17-14-11-8-5-2/h7,10,16,19,23,25-27,29-30,33,35,54H,4-6,8-9,11-15,17-18,20-22,24,28,31-32,34,36-53H2,1-3H3/b10-7-,19-16-,26-23-,27-25-,30-29-,35-33-/t54-/m1/s1. The predicted molar refractivity (Wildman–Crippen MR) is 270 cm³/mol. The summed E-state index contributed by atoms with van der Waals surface area (Å²) in [6, 6.07) is 0. The molecule has 0 amide bonds. The molecule has 0 heterocycles. The Labute approximate surface area is 389 Å². The average molecular weight is 879 g/mol. The fourth-order valence-corrected chi connectivity index (χ4v) is 7.23. The van der Waals surface area contributed by atoms with Gasteiger partial charge in [0.25, 0.3) is 0 Å². The minimum atomic E-state index is -0.791. The van der Waals surface area contributed by atoms with Gasteiger partial charge in [-0.05, 0) is 89.9 Å². The van der Waals surface area contributed by atoms with E-state index in [4.69, 9.17) is 14.2 Å². The maximum atomic E-state index is 12.8. The number of ether oxygens (including phenoxy) is 3. The number of rotatable bonds is 47. The van der Waals surface area contributed by atoms with Crippen molar-refractivity contribution in [1.29, 1.82) is 0 Å². The van der Waals surface area contributed by atoms with E-state index < -0.39 is 6.10 Å². The van der Waals surface area contributed by atoms with Crippen molar-refractivity contribution in [3.8, 4) is 0 Å². The van der Waals surface area contributed by atoms with Crippen LogP contribution < -0.4 is 0 Å². The van der Waals surface area contributed by atoms with Crippen molar-refractivity contribution in [1.82, 2.24) is 0 Å². The first kappa shape index (κ1) is 59.9. The molecular formula is C57H98O6. The van der Waals surface area contributed by atoms with Crippen molar-refractivity contribution >= 4 is 17.9 Å². The van der Waals surface area contributed by atoms with Crippen LogP contribution in [0.3, 0.4) is 0 Å². The molecule has 0 saturated heterocycles. The Kier molecular flexibility index (Phi) is 48.9. The Balaban J connectivity index is 4.43. The third-order valence-corrected chi connectivity index (χ3v) is 11.2. The third kappa shape index (κ3) is 49.7. The zero-order valence-corrected chi connectivity index (χ0v) is 41.3. The highest BCUT2D eigenvalue weighted by Crippen LogP contribution is 2.14. The van der Waals surface area contributed by atoms with Crippen molar-refractivity contribution in [2.75, 3.05) is 13.2 Å². The molecule has 0 saturated carbocycles. The number of allylic oxidation sites excluding steroid dienone is 12. The molecule has 0 radical (unpaired) electrons. The van der Waals surface area contributed by atoms with Crippen LogP contribution in [0.5, 0.6) is 0 Å². The van der Waals surface area contributed by atoms with Crippen LogP contribution in [0.15, 0.2) is 72.9 Å². The van der Waals surface area contributed by atoms with Gasteiger partial charge < -0.3 is 14.2 Å². The van der Waals surface area contributed by atoms with Crippen LogP contribution in [-0.4, -0.2) is 37.2 Å². The molecule has 0 fully saturated rings. The van der Waals surface area contributed by atoms with E-state index in [0.717, 1.165) is 109 Å². The topological polar surface area (TPSA) is 78.9 Å². The zero-order valence-electron chi connectivity index (χ0n) is 41.3. The second-order valence-corrected chi connectivity index (χ2v) is 17.4. The molecule has 0 bridgehead atoms.